The molecule has 3 aliphatic rings. The van der Waals surface area contributed by atoms with Gasteiger partial charge in [-0.3, -0.25) is 9.59 Å². The van der Waals surface area contributed by atoms with Gasteiger partial charge in [0.05, 0.1) is 30.3 Å². The highest BCUT2D eigenvalue weighted by Gasteiger charge is 2.69. The van der Waals surface area contributed by atoms with E-state index < -0.39 is 5.41 Å². The van der Waals surface area contributed by atoms with Gasteiger partial charge in [0.25, 0.3) is 0 Å². The van der Waals surface area contributed by atoms with Gasteiger partial charge < -0.3 is 9.47 Å². The summed E-state index contributed by atoms with van der Waals surface area (Å²) in [6.07, 6.45) is 1.28. The van der Waals surface area contributed by atoms with Crippen LogP contribution >= 0.6 is 0 Å². The van der Waals surface area contributed by atoms with Crippen LogP contribution in [0.2, 0.25) is 0 Å². The fourth-order valence-corrected chi connectivity index (χ4v) is 4.26. The number of ether oxygens (including phenoxy) is 2. The summed E-state index contributed by atoms with van der Waals surface area (Å²) in [5.74, 6) is 0.391. The molecular formula is C16H16O4. The maximum absolute atomic E-state index is 13.0. The fourth-order valence-electron chi connectivity index (χ4n) is 4.26. The molecule has 0 radical (unpaired) electrons. The number of carbonyl (C=O) groups excluding carboxylic acids is 2. The highest BCUT2D eigenvalue weighted by molar-refractivity contribution is 6.20. The third kappa shape index (κ3) is 1.17. The second-order valence-electron chi connectivity index (χ2n) is 6.04. The van der Waals surface area contributed by atoms with E-state index in [-0.39, 0.29) is 29.7 Å². The Hall–Kier alpha value is -1.68. The summed E-state index contributed by atoms with van der Waals surface area (Å²) >= 11 is 0. The first kappa shape index (κ1) is 12.1. The Morgan fingerprint density at radius 2 is 2.15 bits per heavy atom. The van der Waals surface area contributed by atoms with E-state index in [1.165, 1.54) is 7.11 Å². The van der Waals surface area contributed by atoms with Crippen molar-refractivity contribution in [1.82, 2.24) is 0 Å². The van der Waals surface area contributed by atoms with Crippen molar-refractivity contribution in [2.24, 2.45) is 11.3 Å². The molecule has 2 aliphatic carbocycles. The standard InChI is InChI=1S/C16H16O4/c1-8-7-16-10(6-12(16)20-8)14(17)13-9(15(16)18)4-3-5-11(13)19-2/h3-5,8,10,12H,6-7H2,1-2H3/t8-,10+,12-,16-/m0/s1. The molecule has 4 heteroatoms. The van der Waals surface area contributed by atoms with E-state index in [9.17, 15) is 9.59 Å². The highest BCUT2D eigenvalue weighted by Crippen LogP contribution is 2.62. The predicted octanol–water partition coefficient (Wildman–Crippen LogP) is 2.26. The molecule has 1 heterocycles. The predicted molar refractivity (Wildman–Crippen MR) is 71.1 cm³/mol. The van der Waals surface area contributed by atoms with Gasteiger partial charge in [-0.25, -0.2) is 0 Å². The lowest BCUT2D eigenvalue weighted by Crippen LogP contribution is -2.61. The molecule has 4 rings (SSSR count). The molecule has 0 unspecified atom stereocenters. The molecular weight excluding hydrogens is 256 g/mol. The Balaban J connectivity index is 1.92. The van der Waals surface area contributed by atoms with Crippen LogP contribution in [0.25, 0.3) is 0 Å². The van der Waals surface area contributed by atoms with E-state index >= 15 is 0 Å². The summed E-state index contributed by atoms with van der Waals surface area (Å²) in [6.45, 7) is 1.98. The molecule has 0 N–H and O–H groups in total. The number of methoxy groups -OCH3 is 1. The third-order valence-corrected chi connectivity index (χ3v) is 5.14. The van der Waals surface area contributed by atoms with Gasteiger partial charge in [0.1, 0.15) is 5.75 Å². The van der Waals surface area contributed by atoms with Crippen LogP contribution in [0.15, 0.2) is 18.2 Å². The largest absolute Gasteiger partial charge is 0.496 e. The molecule has 1 saturated carbocycles. The van der Waals surface area contributed by atoms with Gasteiger partial charge in [-0.15, -0.1) is 0 Å². The van der Waals surface area contributed by atoms with Crippen LogP contribution in [0.5, 0.6) is 5.75 Å². The molecule has 4 atom stereocenters. The van der Waals surface area contributed by atoms with Crippen molar-refractivity contribution in [3.63, 3.8) is 0 Å². The number of benzene rings is 1. The quantitative estimate of drug-likeness (QED) is 0.787. The second kappa shape index (κ2) is 3.70. The van der Waals surface area contributed by atoms with E-state index in [1.807, 2.05) is 6.92 Å². The number of hydrogen-bond acceptors (Lipinski definition) is 4. The SMILES string of the molecule is COc1cccc2c1C(=O)[C@H]1C[C@@H]3O[C@@H](C)C[C@@]31C2=O. The van der Waals surface area contributed by atoms with Gasteiger partial charge in [0.15, 0.2) is 11.6 Å². The van der Waals surface area contributed by atoms with Crippen molar-refractivity contribution in [3.05, 3.63) is 29.3 Å². The molecule has 1 saturated heterocycles. The lowest BCUT2D eigenvalue weighted by Gasteiger charge is -2.51. The van der Waals surface area contributed by atoms with Crippen molar-refractivity contribution in [2.75, 3.05) is 7.11 Å². The Bertz CT molecular complexity index is 635. The van der Waals surface area contributed by atoms with Gasteiger partial charge in [-0.2, -0.15) is 0 Å². The summed E-state index contributed by atoms with van der Waals surface area (Å²) in [6, 6.07) is 5.25. The Labute approximate surface area is 117 Å². The lowest BCUT2D eigenvalue weighted by atomic mass is 9.49. The number of rotatable bonds is 1. The van der Waals surface area contributed by atoms with E-state index in [4.69, 9.17) is 9.47 Å². The van der Waals surface area contributed by atoms with Crippen LogP contribution in [0.1, 0.15) is 40.5 Å². The molecule has 4 nitrogen and oxygen atoms in total. The minimum absolute atomic E-state index is 0.0472. The van der Waals surface area contributed by atoms with Crippen LogP contribution in [-0.2, 0) is 4.74 Å². The molecule has 20 heavy (non-hydrogen) atoms. The smallest absolute Gasteiger partial charge is 0.173 e. The molecule has 1 aromatic carbocycles. The van der Waals surface area contributed by atoms with Gasteiger partial charge in [0.2, 0.25) is 0 Å². The van der Waals surface area contributed by atoms with E-state index in [0.29, 0.717) is 29.7 Å². The highest BCUT2D eigenvalue weighted by atomic mass is 16.5. The van der Waals surface area contributed by atoms with Gasteiger partial charge in [-0.05, 0) is 25.8 Å². The summed E-state index contributed by atoms with van der Waals surface area (Å²) in [5, 5.41) is 0. The number of carbonyl (C=O) groups is 2. The molecule has 0 amide bonds. The monoisotopic (exact) mass is 272 g/mol. The van der Waals surface area contributed by atoms with Gasteiger partial charge in [-0.1, -0.05) is 12.1 Å². The maximum atomic E-state index is 13.0. The fraction of sp³-hybridized carbons (Fsp3) is 0.500. The Morgan fingerprint density at radius 3 is 2.85 bits per heavy atom. The normalized spacial score (nSPS) is 37.8. The number of Topliss-reactive ketones (excluding diaryl/α,β-unsaturated/α-hetero) is 2. The second-order valence-corrected chi connectivity index (χ2v) is 6.04. The lowest BCUT2D eigenvalue weighted by molar-refractivity contribution is -0.0654. The zero-order valence-electron chi connectivity index (χ0n) is 11.5. The van der Waals surface area contributed by atoms with Crippen molar-refractivity contribution >= 4 is 11.6 Å². The number of ketones is 2. The number of hydrogen-bond donors (Lipinski definition) is 0. The summed E-state index contributed by atoms with van der Waals surface area (Å²) in [5.41, 5.74) is 0.372. The minimum atomic E-state index is -0.601. The summed E-state index contributed by atoms with van der Waals surface area (Å²) in [7, 11) is 1.53. The van der Waals surface area contributed by atoms with Crippen molar-refractivity contribution in [2.45, 2.75) is 32.0 Å². The molecule has 1 spiro atoms. The zero-order chi connectivity index (χ0) is 14.1. The molecule has 2 fully saturated rings. The van der Waals surface area contributed by atoms with Crippen molar-refractivity contribution in [1.29, 1.82) is 0 Å². The molecule has 1 aliphatic heterocycles. The Kier molecular flexibility index (Phi) is 2.24. The van der Waals surface area contributed by atoms with Gasteiger partial charge in [0, 0.05) is 11.5 Å². The van der Waals surface area contributed by atoms with Crippen molar-refractivity contribution in [3.8, 4) is 5.75 Å². The van der Waals surface area contributed by atoms with Crippen molar-refractivity contribution < 1.29 is 19.1 Å². The molecule has 104 valence electrons. The van der Waals surface area contributed by atoms with Crippen LogP contribution in [0, 0.1) is 11.3 Å². The Morgan fingerprint density at radius 1 is 1.35 bits per heavy atom. The molecule has 0 bridgehead atoms. The topological polar surface area (TPSA) is 52.6 Å². The zero-order valence-corrected chi connectivity index (χ0v) is 11.5. The van der Waals surface area contributed by atoms with Crippen LogP contribution < -0.4 is 4.74 Å². The first-order valence-electron chi connectivity index (χ1n) is 7.01. The summed E-state index contributed by atoms with van der Waals surface area (Å²) in [4.78, 5) is 25.7. The average Bonchev–Trinajstić information content (AvgIpc) is 2.68. The first-order valence-corrected chi connectivity index (χ1v) is 7.01. The van der Waals surface area contributed by atoms with Crippen LogP contribution in [0.3, 0.4) is 0 Å². The van der Waals surface area contributed by atoms with Crippen LogP contribution in [0.4, 0.5) is 0 Å². The van der Waals surface area contributed by atoms with Crippen LogP contribution in [-0.4, -0.2) is 30.9 Å². The molecule has 0 aromatic heterocycles. The van der Waals surface area contributed by atoms with E-state index in [2.05, 4.69) is 0 Å². The van der Waals surface area contributed by atoms with Gasteiger partial charge >= 0.3 is 0 Å². The maximum Gasteiger partial charge on any atom is 0.173 e. The first-order chi connectivity index (χ1) is 9.59. The summed E-state index contributed by atoms with van der Waals surface area (Å²) < 4.78 is 11.1. The minimum Gasteiger partial charge on any atom is -0.496 e. The van der Waals surface area contributed by atoms with E-state index in [1.54, 1.807) is 18.2 Å². The van der Waals surface area contributed by atoms with E-state index in [0.717, 1.165) is 0 Å². The third-order valence-electron chi connectivity index (χ3n) is 5.14. The average molecular weight is 272 g/mol. The molecule has 1 aromatic rings. The number of fused-ring (bicyclic) bond motifs is 1.